The Kier molecular flexibility index (Phi) is 10.2. The van der Waals surface area contributed by atoms with Crippen LogP contribution < -0.4 is 16.4 Å². The minimum absolute atomic E-state index is 0.136. The highest BCUT2D eigenvalue weighted by Gasteiger charge is 2.46. The Hall–Kier alpha value is -2.96. The normalized spacial score (nSPS) is 21.7. The second-order valence-corrected chi connectivity index (χ2v) is 9.95. The van der Waals surface area contributed by atoms with Crippen LogP contribution in [0.3, 0.4) is 0 Å². The molecule has 5 N–H and O–H groups in total. The van der Waals surface area contributed by atoms with Crippen molar-refractivity contribution in [3.05, 3.63) is 36.0 Å². The number of hydrogen-bond donors (Lipinski definition) is 4. The molecule has 15 heteroatoms. The zero-order chi connectivity index (χ0) is 28.0. The van der Waals surface area contributed by atoms with Crippen LogP contribution in [-0.4, -0.2) is 58.6 Å². The van der Waals surface area contributed by atoms with Crippen molar-refractivity contribution in [2.24, 2.45) is 11.7 Å². The number of nitriles is 1. The number of carbonyl (C=O) groups excluding carboxylic acids is 1. The fourth-order valence-corrected chi connectivity index (χ4v) is 4.49. The summed E-state index contributed by atoms with van der Waals surface area (Å²) in [6.45, 7) is -0.188. The van der Waals surface area contributed by atoms with Crippen LogP contribution >= 0.6 is 0 Å². The third-order valence-corrected chi connectivity index (χ3v) is 7.01. The van der Waals surface area contributed by atoms with E-state index in [9.17, 15) is 41.0 Å². The van der Waals surface area contributed by atoms with Crippen molar-refractivity contribution in [3.8, 4) is 6.07 Å². The number of amides is 1. The van der Waals surface area contributed by atoms with Crippen molar-refractivity contribution < 1.29 is 35.7 Å². The van der Waals surface area contributed by atoms with E-state index in [1.165, 1.54) is 0 Å². The number of hydrogen-bond acceptors (Lipinski definition) is 6. The summed E-state index contributed by atoms with van der Waals surface area (Å²) in [5, 5.41) is 23.1. The summed E-state index contributed by atoms with van der Waals surface area (Å²) in [7, 11) is 1.57. The number of carbonyl (C=O) groups is 1. The van der Waals surface area contributed by atoms with E-state index >= 15 is 0 Å². The fraction of sp³-hybridized carbons (Fsp3) is 0.500. The lowest BCUT2D eigenvalue weighted by atomic mass is 9.81. The molecule has 1 aliphatic rings. The summed E-state index contributed by atoms with van der Waals surface area (Å²) < 4.78 is 86.7. The fourth-order valence-electron chi connectivity index (χ4n) is 3.84. The smallest absolute Gasteiger partial charge is 0.578 e. The van der Waals surface area contributed by atoms with Crippen LogP contribution in [0.15, 0.2) is 40.9 Å². The molecule has 2 unspecified atom stereocenters. The Balaban J connectivity index is 2.02. The minimum Gasteiger partial charge on any atom is -0.604 e. The van der Waals surface area contributed by atoms with Crippen LogP contribution in [-0.2, 0) is 16.0 Å². The first-order chi connectivity index (χ1) is 17.1. The highest BCUT2D eigenvalue weighted by Crippen LogP contribution is 2.31. The second-order valence-electron chi connectivity index (χ2n) is 8.48. The van der Waals surface area contributed by atoms with Crippen molar-refractivity contribution in [1.82, 2.24) is 10.2 Å². The lowest BCUT2D eigenvalue weighted by Gasteiger charge is -2.37. The lowest BCUT2D eigenvalue weighted by molar-refractivity contribution is -0.138. The van der Waals surface area contributed by atoms with Crippen LogP contribution in [0.5, 0.6) is 0 Å². The molecule has 2 rings (SSSR count). The number of rotatable bonds is 9. The van der Waals surface area contributed by atoms with Gasteiger partial charge in [-0.25, -0.2) is 0 Å². The van der Waals surface area contributed by atoms with Crippen LogP contribution in [0.4, 0.5) is 32.0 Å². The molecule has 0 aromatic heterocycles. The standard InChI is InChI=1S/C22H26F6N6O2S/c1-34(9-8-21(23,24)25)15-4-7-18(13(10-15)11-29)32-12-17(20(31)35)19(30)33-14-2-5-16(6-3-14)37(36)22(26,27)28/h2-3,5-6,12-13,15,18,32H,4,7-10H2,1H3,(H2,30,33)(H2,31,35)/b17-12+/t13?,15-,18+,37?/m1/s1. The Morgan fingerprint density at radius 1 is 1.27 bits per heavy atom. The first kappa shape index (κ1) is 30.3. The molecule has 0 aliphatic heterocycles. The summed E-state index contributed by atoms with van der Waals surface area (Å²) in [6, 6.07) is 5.70. The summed E-state index contributed by atoms with van der Waals surface area (Å²) in [4.78, 5) is 13.0. The summed E-state index contributed by atoms with van der Waals surface area (Å²) in [5.74, 6) is -2.05. The topological polar surface area (TPSA) is 141 Å². The van der Waals surface area contributed by atoms with Gasteiger partial charge in [0.2, 0.25) is 0 Å². The molecule has 0 spiro atoms. The lowest BCUT2D eigenvalue weighted by Crippen LogP contribution is -2.45. The van der Waals surface area contributed by atoms with Gasteiger partial charge in [0.05, 0.1) is 35.2 Å². The van der Waals surface area contributed by atoms with Crippen LogP contribution in [0.25, 0.3) is 0 Å². The van der Waals surface area contributed by atoms with Crippen LogP contribution in [0.2, 0.25) is 0 Å². The van der Waals surface area contributed by atoms with Crippen molar-refractivity contribution in [3.63, 3.8) is 0 Å². The molecular formula is C22H26F6N6O2S. The molecule has 1 amide bonds. The molecule has 0 bridgehead atoms. The number of anilines is 1. The summed E-state index contributed by atoms with van der Waals surface area (Å²) >= 11 is -3.22. The molecule has 204 valence electrons. The molecule has 37 heavy (non-hydrogen) atoms. The van der Waals surface area contributed by atoms with Crippen molar-refractivity contribution >= 4 is 28.6 Å². The molecule has 1 aromatic carbocycles. The Bertz CT molecular complexity index is 1020. The van der Waals surface area contributed by atoms with E-state index in [2.05, 4.69) is 16.7 Å². The third-order valence-electron chi connectivity index (χ3n) is 5.88. The maximum Gasteiger partial charge on any atom is 0.578 e. The predicted octanol–water partition coefficient (Wildman–Crippen LogP) is 3.61. The van der Waals surface area contributed by atoms with Crippen molar-refractivity contribution in [1.29, 1.82) is 10.7 Å². The van der Waals surface area contributed by atoms with Gasteiger partial charge in [0, 0.05) is 30.5 Å². The second kappa shape index (κ2) is 12.5. The highest BCUT2D eigenvalue weighted by molar-refractivity contribution is 7.92. The van der Waals surface area contributed by atoms with Gasteiger partial charge in [-0.2, -0.15) is 18.4 Å². The molecule has 0 saturated heterocycles. The SMILES string of the molecule is CN(CCC(F)(F)F)[C@@H]1CC[C@H](N/C=C(\C(=N)Nc2ccc([S+]([O-])C(F)(F)F)cc2)C(N)=O)C(C#N)C1. The van der Waals surface area contributed by atoms with E-state index in [4.69, 9.17) is 11.1 Å². The average molecular weight is 553 g/mol. The molecule has 0 radical (unpaired) electrons. The number of nitrogens with two attached hydrogens (primary N) is 1. The zero-order valence-corrected chi connectivity index (χ0v) is 20.4. The largest absolute Gasteiger partial charge is 0.604 e. The Morgan fingerprint density at radius 3 is 2.41 bits per heavy atom. The van der Waals surface area contributed by atoms with Crippen molar-refractivity contribution in [2.45, 2.75) is 54.3 Å². The number of amidine groups is 1. The van der Waals surface area contributed by atoms with Gasteiger partial charge in [-0.3, -0.25) is 10.2 Å². The van der Waals surface area contributed by atoms with E-state index in [-0.39, 0.29) is 23.8 Å². The molecule has 1 fully saturated rings. The number of halogens is 6. The molecule has 4 atom stereocenters. The number of primary amides is 1. The molecule has 8 nitrogen and oxygen atoms in total. The first-order valence-electron chi connectivity index (χ1n) is 11.0. The van der Waals surface area contributed by atoms with Gasteiger partial charge in [-0.1, -0.05) is 0 Å². The molecular weight excluding hydrogens is 526 g/mol. The van der Waals surface area contributed by atoms with Gasteiger partial charge >= 0.3 is 11.7 Å². The number of nitrogens with one attached hydrogen (secondary N) is 3. The predicted molar refractivity (Wildman–Crippen MR) is 124 cm³/mol. The van der Waals surface area contributed by atoms with Crippen molar-refractivity contribution in [2.75, 3.05) is 18.9 Å². The van der Waals surface area contributed by atoms with E-state index in [0.29, 0.717) is 19.3 Å². The van der Waals surface area contributed by atoms with Gasteiger partial charge in [0.15, 0.2) is 4.90 Å². The minimum atomic E-state index is -4.92. The average Bonchev–Trinajstić information content (AvgIpc) is 2.81. The molecule has 1 saturated carbocycles. The third kappa shape index (κ3) is 9.13. The molecule has 1 aliphatic carbocycles. The van der Waals surface area contributed by atoms with Gasteiger partial charge in [0.1, 0.15) is 5.84 Å². The number of alkyl halides is 6. The monoisotopic (exact) mass is 552 g/mol. The maximum absolute atomic E-state index is 12.6. The number of nitrogens with zero attached hydrogens (tertiary/aromatic N) is 2. The van der Waals surface area contributed by atoms with E-state index < -0.39 is 57.9 Å². The van der Waals surface area contributed by atoms with E-state index in [1.54, 1.807) is 11.9 Å². The summed E-state index contributed by atoms with van der Waals surface area (Å²) in [5.41, 5.74) is 0.271. The van der Waals surface area contributed by atoms with Crippen LogP contribution in [0.1, 0.15) is 25.7 Å². The first-order valence-corrected chi connectivity index (χ1v) is 12.1. The highest BCUT2D eigenvalue weighted by atomic mass is 32.2. The van der Waals surface area contributed by atoms with Gasteiger partial charge < -0.3 is 25.8 Å². The number of benzene rings is 1. The quantitative estimate of drug-likeness (QED) is 0.121. The molecule has 0 heterocycles. The van der Waals surface area contributed by atoms with Gasteiger partial charge in [-0.15, -0.1) is 13.2 Å². The Morgan fingerprint density at radius 2 is 1.89 bits per heavy atom. The van der Waals surface area contributed by atoms with Gasteiger partial charge in [-0.05, 0) is 50.6 Å². The maximum atomic E-state index is 12.6. The van der Waals surface area contributed by atoms with Gasteiger partial charge in [0.25, 0.3) is 5.91 Å². The van der Waals surface area contributed by atoms with E-state index in [0.717, 1.165) is 30.5 Å². The Labute approximate surface area is 212 Å². The van der Waals surface area contributed by atoms with Crippen LogP contribution in [0, 0.1) is 22.7 Å². The zero-order valence-electron chi connectivity index (χ0n) is 19.6. The summed E-state index contributed by atoms with van der Waals surface area (Å²) in [6.07, 6.45) is -2.84. The molecule has 1 aromatic rings. The van der Waals surface area contributed by atoms with E-state index in [1.807, 2.05) is 0 Å².